The van der Waals surface area contributed by atoms with Gasteiger partial charge in [-0.25, -0.2) is 4.39 Å². The fourth-order valence-corrected chi connectivity index (χ4v) is 2.97. The van der Waals surface area contributed by atoms with Crippen molar-refractivity contribution in [2.75, 3.05) is 0 Å². The van der Waals surface area contributed by atoms with Crippen molar-refractivity contribution in [3.63, 3.8) is 0 Å². The van der Waals surface area contributed by atoms with Crippen molar-refractivity contribution in [1.82, 2.24) is 0 Å². The van der Waals surface area contributed by atoms with Gasteiger partial charge >= 0.3 is 0 Å². The van der Waals surface area contributed by atoms with Crippen LogP contribution in [0.15, 0.2) is 30.3 Å². The summed E-state index contributed by atoms with van der Waals surface area (Å²) >= 11 is 23.8. The average Bonchev–Trinajstić information content (AvgIpc) is 2.29. The Morgan fingerprint density at radius 3 is 2.11 bits per heavy atom. The predicted octanol–water partition coefficient (Wildman–Crippen LogP) is 6.19. The van der Waals surface area contributed by atoms with Gasteiger partial charge in [0, 0.05) is 22.0 Å². The SMILES string of the molecule is Fc1cccc(CCl)c1-c1c(Cl)cc(Cl)cc1Cl. The van der Waals surface area contributed by atoms with Crippen molar-refractivity contribution in [2.45, 2.75) is 5.88 Å². The Balaban J connectivity index is 2.77. The van der Waals surface area contributed by atoms with Crippen molar-refractivity contribution < 1.29 is 4.39 Å². The van der Waals surface area contributed by atoms with Crippen LogP contribution < -0.4 is 0 Å². The van der Waals surface area contributed by atoms with E-state index >= 15 is 0 Å². The Labute approximate surface area is 124 Å². The van der Waals surface area contributed by atoms with E-state index in [-0.39, 0.29) is 5.88 Å². The zero-order valence-electron chi connectivity index (χ0n) is 8.98. The van der Waals surface area contributed by atoms with Gasteiger partial charge in [-0.1, -0.05) is 46.9 Å². The summed E-state index contributed by atoms with van der Waals surface area (Å²) < 4.78 is 14.0. The minimum atomic E-state index is -0.417. The molecule has 0 spiro atoms. The molecule has 0 aliphatic heterocycles. The van der Waals surface area contributed by atoms with Gasteiger partial charge in [0.1, 0.15) is 5.82 Å². The first kappa shape index (κ1) is 14.0. The maximum atomic E-state index is 14.0. The summed E-state index contributed by atoms with van der Waals surface area (Å²) in [6.07, 6.45) is 0. The molecule has 0 heterocycles. The minimum Gasteiger partial charge on any atom is -0.206 e. The molecule has 0 saturated carbocycles. The maximum absolute atomic E-state index is 14.0. The minimum absolute atomic E-state index is 0.169. The highest BCUT2D eigenvalue weighted by Gasteiger charge is 2.17. The smallest absolute Gasteiger partial charge is 0.131 e. The van der Waals surface area contributed by atoms with Crippen molar-refractivity contribution in [1.29, 1.82) is 0 Å². The average molecular weight is 324 g/mol. The molecular formula is C13H7Cl4F. The van der Waals surface area contributed by atoms with E-state index < -0.39 is 5.82 Å². The summed E-state index contributed by atoms with van der Waals surface area (Å²) in [4.78, 5) is 0. The lowest BCUT2D eigenvalue weighted by Crippen LogP contribution is -1.93. The second kappa shape index (κ2) is 5.66. The van der Waals surface area contributed by atoms with Crippen LogP contribution >= 0.6 is 46.4 Å². The van der Waals surface area contributed by atoms with Crippen molar-refractivity contribution in [3.8, 4) is 11.1 Å². The molecule has 0 fully saturated rings. The molecule has 0 N–H and O–H groups in total. The summed E-state index contributed by atoms with van der Waals surface area (Å²) in [6, 6.07) is 7.71. The number of alkyl halides is 1. The molecule has 0 atom stereocenters. The van der Waals surface area contributed by atoms with Gasteiger partial charge in [0.2, 0.25) is 0 Å². The second-order valence-electron chi connectivity index (χ2n) is 3.65. The zero-order chi connectivity index (χ0) is 13.3. The standard InChI is InChI=1S/C13H7Cl4F/c14-6-7-2-1-3-11(18)12(7)13-9(16)4-8(15)5-10(13)17/h1-5H,6H2. The highest BCUT2D eigenvalue weighted by molar-refractivity contribution is 6.42. The van der Waals surface area contributed by atoms with E-state index in [1.165, 1.54) is 18.2 Å². The van der Waals surface area contributed by atoms with E-state index in [1.807, 2.05) is 0 Å². The van der Waals surface area contributed by atoms with Crippen LogP contribution in [0.2, 0.25) is 15.1 Å². The van der Waals surface area contributed by atoms with Gasteiger partial charge in [0.05, 0.1) is 10.0 Å². The summed E-state index contributed by atoms with van der Waals surface area (Å²) in [5.74, 6) is -0.248. The largest absolute Gasteiger partial charge is 0.206 e. The molecule has 2 aromatic rings. The quantitative estimate of drug-likeness (QED) is 0.578. The lowest BCUT2D eigenvalue weighted by Gasteiger charge is -2.12. The molecule has 0 radical (unpaired) electrons. The second-order valence-corrected chi connectivity index (χ2v) is 5.17. The van der Waals surface area contributed by atoms with E-state index in [2.05, 4.69) is 0 Å². The van der Waals surface area contributed by atoms with Crippen molar-refractivity contribution in [3.05, 3.63) is 56.8 Å². The first-order chi connectivity index (χ1) is 8.54. The van der Waals surface area contributed by atoms with Crippen LogP contribution in [0.4, 0.5) is 4.39 Å². The zero-order valence-corrected chi connectivity index (χ0v) is 12.0. The Hall–Kier alpha value is -0.470. The fourth-order valence-electron chi connectivity index (χ4n) is 1.74. The summed E-state index contributed by atoms with van der Waals surface area (Å²) in [5, 5.41) is 0.991. The molecule has 0 saturated heterocycles. The Bertz CT molecular complexity index is 573. The molecule has 0 nitrogen and oxygen atoms in total. The van der Waals surface area contributed by atoms with Crippen LogP contribution in [-0.2, 0) is 5.88 Å². The summed E-state index contributed by atoms with van der Waals surface area (Å²) in [7, 11) is 0. The van der Waals surface area contributed by atoms with Crippen LogP contribution in [0.25, 0.3) is 11.1 Å². The molecule has 0 amide bonds. The number of rotatable bonds is 2. The van der Waals surface area contributed by atoms with Crippen LogP contribution in [0.3, 0.4) is 0 Å². The lowest BCUT2D eigenvalue weighted by atomic mass is 10.00. The number of hydrogen-bond acceptors (Lipinski definition) is 0. The van der Waals surface area contributed by atoms with Gasteiger partial charge in [-0.3, -0.25) is 0 Å². The summed E-state index contributed by atoms with van der Waals surface area (Å²) in [6.45, 7) is 0. The molecule has 0 unspecified atom stereocenters. The van der Waals surface area contributed by atoms with Gasteiger partial charge in [0.25, 0.3) is 0 Å². The highest BCUT2D eigenvalue weighted by atomic mass is 35.5. The van der Waals surface area contributed by atoms with Gasteiger partial charge in [-0.2, -0.15) is 0 Å². The topological polar surface area (TPSA) is 0 Å². The van der Waals surface area contributed by atoms with Crippen molar-refractivity contribution >= 4 is 46.4 Å². The number of benzene rings is 2. The molecule has 5 heteroatoms. The predicted molar refractivity (Wildman–Crippen MR) is 76.4 cm³/mol. The lowest BCUT2D eigenvalue weighted by molar-refractivity contribution is 0.630. The highest BCUT2D eigenvalue weighted by Crippen LogP contribution is 2.40. The Kier molecular flexibility index (Phi) is 4.39. The van der Waals surface area contributed by atoms with Gasteiger partial charge < -0.3 is 0 Å². The number of hydrogen-bond donors (Lipinski definition) is 0. The fraction of sp³-hybridized carbons (Fsp3) is 0.0769. The van der Waals surface area contributed by atoms with Crippen LogP contribution in [0.5, 0.6) is 0 Å². The normalized spacial score (nSPS) is 10.7. The van der Waals surface area contributed by atoms with Crippen LogP contribution in [0.1, 0.15) is 5.56 Å². The van der Waals surface area contributed by atoms with Gasteiger partial charge in [0.15, 0.2) is 0 Å². The third-order valence-corrected chi connectivity index (χ3v) is 3.60. The molecular weight excluding hydrogens is 317 g/mol. The summed E-state index contributed by atoms with van der Waals surface area (Å²) in [5.41, 5.74) is 1.36. The third-order valence-electron chi connectivity index (χ3n) is 2.50. The monoisotopic (exact) mass is 322 g/mol. The van der Waals surface area contributed by atoms with E-state index in [9.17, 15) is 4.39 Å². The van der Waals surface area contributed by atoms with Crippen molar-refractivity contribution in [2.24, 2.45) is 0 Å². The van der Waals surface area contributed by atoms with E-state index in [1.54, 1.807) is 12.1 Å². The first-order valence-electron chi connectivity index (χ1n) is 5.03. The first-order valence-corrected chi connectivity index (χ1v) is 6.69. The van der Waals surface area contributed by atoms with Gasteiger partial charge in [-0.05, 0) is 23.8 Å². The molecule has 0 bridgehead atoms. The molecule has 0 aromatic heterocycles. The number of halogens is 5. The molecule has 2 rings (SSSR count). The van der Waals surface area contributed by atoms with E-state index in [0.29, 0.717) is 31.8 Å². The molecule has 18 heavy (non-hydrogen) atoms. The van der Waals surface area contributed by atoms with E-state index in [0.717, 1.165) is 0 Å². The molecule has 94 valence electrons. The Morgan fingerprint density at radius 2 is 1.56 bits per heavy atom. The Morgan fingerprint density at radius 1 is 0.944 bits per heavy atom. The molecule has 0 aliphatic carbocycles. The molecule has 2 aromatic carbocycles. The van der Waals surface area contributed by atoms with E-state index in [4.69, 9.17) is 46.4 Å². The molecule has 0 aliphatic rings. The maximum Gasteiger partial charge on any atom is 0.131 e. The van der Waals surface area contributed by atoms with Gasteiger partial charge in [-0.15, -0.1) is 11.6 Å². The van der Waals surface area contributed by atoms with Crippen LogP contribution in [0, 0.1) is 5.82 Å². The third kappa shape index (κ3) is 2.60. The van der Waals surface area contributed by atoms with Crippen LogP contribution in [-0.4, -0.2) is 0 Å².